The summed E-state index contributed by atoms with van der Waals surface area (Å²) in [6.07, 6.45) is 4.47. The van der Waals surface area contributed by atoms with Crippen molar-refractivity contribution in [1.82, 2.24) is 0 Å². The predicted octanol–water partition coefficient (Wildman–Crippen LogP) is 4.96. The number of benzene rings is 2. The maximum absolute atomic E-state index is 2.33. The molecule has 0 heteroatoms. The second-order valence-electron chi connectivity index (χ2n) is 5.06. The Balaban J connectivity index is 2.46. The van der Waals surface area contributed by atoms with Crippen LogP contribution >= 0.6 is 0 Å². The maximum atomic E-state index is 2.33. The molecule has 0 fully saturated rings. The van der Waals surface area contributed by atoms with E-state index in [0.29, 0.717) is 0 Å². The highest BCUT2D eigenvalue weighted by atomic mass is 14.2. The smallest absolute Gasteiger partial charge is 0.00202 e. The standard InChI is InChI=1S/C19H24/c1-4-16-12-13-17(5-2)19(18(16)6-3)14-15-10-8-7-9-11-15/h7-13H,4-6,14H2,1-3H3. The van der Waals surface area contributed by atoms with Crippen molar-refractivity contribution in [1.29, 1.82) is 0 Å². The molecule has 2 rings (SSSR count). The molecule has 0 atom stereocenters. The summed E-state index contributed by atoms with van der Waals surface area (Å²) in [4.78, 5) is 0. The van der Waals surface area contributed by atoms with E-state index >= 15 is 0 Å². The lowest BCUT2D eigenvalue weighted by Gasteiger charge is -2.17. The summed E-state index contributed by atoms with van der Waals surface area (Å²) >= 11 is 0. The Morgan fingerprint density at radius 2 is 1.21 bits per heavy atom. The second-order valence-corrected chi connectivity index (χ2v) is 5.06. The van der Waals surface area contributed by atoms with Gasteiger partial charge in [0, 0.05) is 0 Å². The van der Waals surface area contributed by atoms with Gasteiger partial charge in [-0.05, 0) is 53.5 Å². The lowest BCUT2D eigenvalue weighted by Crippen LogP contribution is -2.04. The minimum absolute atomic E-state index is 1.07. The predicted molar refractivity (Wildman–Crippen MR) is 83.8 cm³/mol. The first kappa shape index (κ1) is 13.9. The van der Waals surface area contributed by atoms with Crippen molar-refractivity contribution < 1.29 is 0 Å². The van der Waals surface area contributed by atoms with Crippen LogP contribution in [0.4, 0.5) is 0 Å². The van der Waals surface area contributed by atoms with Crippen molar-refractivity contribution in [3.63, 3.8) is 0 Å². The largest absolute Gasteiger partial charge is 0.0622 e. The number of aryl methyl sites for hydroxylation is 2. The summed E-state index contributed by atoms with van der Waals surface area (Å²) in [7, 11) is 0. The third-order valence-corrected chi connectivity index (χ3v) is 3.96. The van der Waals surface area contributed by atoms with Gasteiger partial charge in [0.15, 0.2) is 0 Å². The SMILES string of the molecule is CCc1ccc(CC)c(Cc2ccccc2)c1CC. The molecule has 0 aliphatic rings. The van der Waals surface area contributed by atoms with Gasteiger partial charge in [-0.3, -0.25) is 0 Å². The molecular formula is C19H24. The zero-order valence-electron chi connectivity index (χ0n) is 12.4. The Bertz CT molecular complexity index is 523. The first-order valence-electron chi connectivity index (χ1n) is 7.46. The fourth-order valence-corrected chi connectivity index (χ4v) is 2.91. The van der Waals surface area contributed by atoms with Crippen LogP contribution in [0.25, 0.3) is 0 Å². The Morgan fingerprint density at radius 1 is 0.632 bits per heavy atom. The fourth-order valence-electron chi connectivity index (χ4n) is 2.91. The van der Waals surface area contributed by atoms with E-state index in [9.17, 15) is 0 Å². The summed E-state index contributed by atoms with van der Waals surface area (Å²) in [6, 6.07) is 15.5. The van der Waals surface area contributed by atoms with Gasteiger partial charge in [0.2, 0.25) is 0 Å². The van der Waals surface area contributed by atoms with Gasteiger partial charge < -0.3 is 0 Å². The highest BCUT2D eigenvalue weighted by molar-refractivity contribution is 5.44. The van der Waals surface area contributed by atoms with Gasteiger partial charge in [0.1, 0.15) is 0 Å². The first-order chi connectivity index (χ1) is 9.30. The summed E-state index contributed by atoms with van der Waals surface area (Å²) in [5, 5.41) is 0. The van der Waals surface area contributed by atoms with Gasteiger partial charge in [-0.1, -0.05) is 63.2 Å². The van der Waals surface area contributed by atoms with Crippen LogP contribution in [0.1, 0.15) is 48.6 Å². The number of hydrogen-bond acceptors (Lipinski definition) is 0. The van der Waals surface area contributed by atoms with Crippen LogP contribution in [-0.4, -0.2) is 0 Å². The van der Waals surface area contributed by atoms with Crippen LogP contribution in [0.15, 0.2) is 42.5 Å². The Morgan fingerprint density at radius 3 is 1.74 bits per heavy atom. The molecule has 0 aromatic heterocycles. The molecule has 0 spiro atoms. The zero-order chi connectivity index (χ0) is 13.7. The van der Waals surface area contributed by atoms with Gasteiger partial charge in [0.25, 0.3) is 0 Å². The zero-order valence-corrected chi connectivity index (χ0v) is 12.4. The van der Waals surface area contributed by atoms with Gasteiger partial charge in [-0.25, -0.2) is 0 Å². The van der Waals surface area contributed by atoms with E-state index in [-0.39, 0.29) is 0 Å². The van der Waals surface area contributed by atoms with E-state index in [2.05, 4.69) is 63.2 Å². The van der Waals surface area contributed by atoms with E-state index < -0.39 is 0 Å². The minimum atomic E-state index is 1.07. The van der Waals surface area contributed by atoms with Crippen LogP contribution in [-0.2, 0) is 25.7 Å². The van der Waals surface area contributed by atoms with Gasteiger partial charge in [-0.15, -0.1) is 0 Å². The van der Waals surface area contributed by atoms with Gasteiger partial charge >= 0.3 is 0 Å². The molecule has 0 bridgehead atoms. The summed E-state index contributed by atoms with van der Waals surface area (Å²) in [6.45, 7) is 6.80. The second kappa shape index (κ2) is 6.56. The van der Waals surface area contributed by atoms with Crippen molar-refractivity contribution in [2.24, 2.45) is 0 Å². The van der Waals surface area contributed by atoms with Crippen LogP contribution < -0.4 is 0 Å². The molecule has 100 valence electrons. The highest BCUT2D eigenvalue weighted by Crippen LogP contribution is 2.24. The summed E-state index contributed by atoms with van der Waals surface area (Å²) in [5.74, 6) is 0. The normalized spacial score (nSPS) is 10.7. The number of hydrogen-bond donors (Lipinski definition) is 0. The molecule has 0 amide bonds. The maximum Gasteiger partial charge on any atom is -0.00202 e. The Kier molecular flexibility index (Phi) is 4.79. The third-order valence-electron chi connectivity index (χ3n) is 3.96. The minimum Gasteiger partial charge on any atom is -0.0622 e. The van der Waals surface area contributed by atoms with Crippen LogP contribution in [0.2, 0.25) is 0 Å². The lowest BCUT2D eigenvalue weighted by molar-refractivity contribution is 0.958. The average molecular weight is 252 g/mol. The molecule has 0 nitrogen and oxygen atoms in total. The topological polar surface area (TPSA) is 0 Å². The van der Waals surface area contributed by atoms with Crippen molar-refractivity contribution in [2.45, 2.75) is 46.5 Å². The Labute approximate surface area is 117 Å². The van der Waals surface area contributed by atoms with Crippen LogP contribution in [0.5, 0.6) is 0 Å². The molecule has 2 aromatic carbocycles. The highest BCUT2D eigenvalue weighted by Gasteiger charge is 2.10. The molecule has 2 aromatic rings. The quantitative estimate of drug-likeness (QED) is 0.705. The van der Waals surface area contributed by atoms with Crippen molar-refractivity contribution in [3.8, 4) is 0 Å². The molecule has 0 N–H and O–H groups in total. The van der Waals surface area contributed by atoms with E-state index in [1.54, 1.807) is 11.1 Å². The average Bonchev–Trinajstić information content (AvgIpc) is 2.47. The molecule has 0 saturated carbocycles. The van der Waals surface area contributed by atoms with E-state index in [4.69, 9.17) is 0 Å². The molecule has 19 heavy (non-hydrogen) atoms. The molecule has 0 aliphatic carbocycles. The lowest BCUT2D eigenvalue weighted by atomic mass is 9.88. The van der Waals surface area contributed by atoms with E-state index in [1.807, 2.05) is 0 Å². The van der Waals surface area contributed by atoms with Gasteiger partial charge in [0.05, 0.1) is 0 Å². The fraction of sp³-hybridized carbons (Fsp3) is 0.368. The number of rotatable bonds is 5. The molecule has 0 heterocycles. The molecule has 0 unspecified atom stereocenters. The van der Waals surface area contributed by atoms with Crippen LogP contribution in [0, 0.1) is 0 Å². The first-order valence-corrected chi connectivity index (χ1v) is 7.46. The van der Waals surface area contributed by atoms with E-state index in [1.165, 1.54) is 16.7 Å². The van der Waals surface area contributed by atoms with Gasteiger partial charge in [-0.2, -0.15) is 0 Å². The Hall–Kier alpha value is -1.56. The molecule has 0 saturated heterocycles. The molecule has 0 aliphatic heterocycles. The third kappa shape index (κ3) is 3.07. The van der Waals surface area contributed by atoms with Crippen molar-refractivity contribution in [3.05, 3.63) is 70.3 Å². The molecule has 0 radical (unpaired) electrons. The monoisotopic (exact) mass is 252 g/mol. The molecular weight excluding hydrogens is 228 g/mol. The van der Waals surface area contributed by atoms with Crippen molar-refractivity contribution in [2.75, 3.05) is 0 Å². The summed E-state index contributed by atoms with van der Waals surface area (Å²) < 4.78 is 0. The summed E-state index contributed by atoms with van der Waals surface area (Å²) in [5.41, 5.74) is 7.59. The van der Waals surface area contributed by atoms with Crippen LogP contribution in [0.3, 0.4) is 0 Å². The van der Waals surface area contributed by atoms with E-state index in [0.717, 1.165) is 25.7 Å². The van der Waals surface area contributed by atoms with Crippen molar-refractivity contribution >= 4 is 0 Å².